The molecule has 0 unspecified atom stereocenters. The molecule has 0 saturated heterocycles. The zero-order chi connectivity index (χ0) is 8.97. The highest BCUT2D eigenvalue weighted by molar-refractivity contribution is 5.71. The third-order valence-corrected chi connectivity index (χ3v) is 1.61. The number of hydrogen-bond donors (Lipinski definition) is 0. The molecule has 0 N–H and O–H groups in total. The lowest BCUT2D eigenvalue weighted by Crippen LogP contribution is -2.03. The van der Waals surface area contributed by atoms with Crippen LogP contribution in [-0.4, -0.2) is 13.1 Å². The first-order chi connectivity index (χ1) is 5.76. The van der Waals surface area contributed by atoms with Gasteiger partial charge in [0.05, 0.1) is 7.11 Å². The van der Waals surface area contributed by atoms with Gasteiger partial charge in [0, 0.05) is 6.42 Å². The Kier molecular flexibility index (Phi) is 2.91. The average molecular weight is 168 g/mol. The largest absolute Gasteiger partial charge is 0.469 e. The van der Waals surface area contributed by atoms with Gasteiger partial charge >= 0.3 is 5.97 Å². The topological polar surface area (TPSA) is 39.4 Å². The van der Waals surface area contributed by atoms with E-state index in [2.05, 4.69) is 4.74 Å². The number of aryl methyl sites for hydroxylation is 1. The van der Waals surface area contributed by atoms with Crippen LogP contribution >= 0.6 is 0 Å². The molecule has 12 heavy (non-hydrogen) atoms. The normalized spacial score (nSPS) is 9.83. The Balaban J connectivity index is 2.58. The van der Waals surface area contributed by atoms with Crippen LogP contribution in [0.3, 0.4) is 0 Å². The summed E-state index contributed by atoms with van der Waals surface area (Å²) < 4.78 is 9.80. The van der Waals surface area contributed by atoms with E-state index in [0.29, 0.717) is 5.76 Å². The first-order valence-electron chi connectivity index (χ1n) is 3.90. The van der Waals surface area contributed by atoms with Crippen molar-refractivity contribution in [2.75, 3.05) is 7.11 Å². The highest BCUT2D eigenvalue weighted by Crippen LogP contribution is 2.09. The average Bonchev–Trinajstić information content (AvgIpc) is 2.52. The van der Waals surface area contributed by atoms with Gasteiger partial charge in [-0.2, -0.15) is 0 Å². The predicted octanol–water partition coefficient (Wildman–Crippen LogP) is 1.56. The van der Waals surface area contributed by atoms with Crippen molar-refractivity contribution >= 4 is 5.97 Å². The monoisotopic (exact) mass is 168 g/mol. The molecule has 1 aromatic rings. The third-order valence-electron chi connectivity index (χ3n) is 1.61. The van der Waals surface area contributed by atoms with Crippen LogP contribution < -0.4 is 0 Å². The summed E-state index contributed by atoms with van der Waals surface area (Å²) in [6.45, 7) is 2.00. The number of hydrogen-bond acceptors (Lipinski definition) is 3. The minimum Gasteiger partial charge on any atom is -0.469 e. The molecule has 0 bridgehead atoms. The van der Waals surface area contributed by atoms with E-state index in [0.717, 1.165) is 12.2 Å². The SMILES string of the molecule is CCc1ccc(CC(=O)OC)o1. The molecule has 1 heterocycles. The van der Waals surface area contributed by atoms with Gasteiger partial charge in [-0.25, -0.2) is 0 Å². The number of carbonyl (C=O) groups excluding carboxylic acids is 1. The van der Waals surface area contributed by atoms with Crippen molar-refractivity contribution in [3.05, 3.63) is 23.7 Å². The highest BCUT2D eigenvalue weighted by atomic mass is 16.5. The van der Waals surface area contributed by atoms with Crippen LogP contribution in [-0.2, 0) is 22.4 Å². The van der Waals surface area contributed by atoms with E-state index in [1.54, 1.807) is 6.07 Å². The summed E-state index contributed by atoms with van der Waals surface area (Å²) in [4.78, 5) is 10.8. The Labute approximate surface area is 71.3 Å². The molecule has 3 nitrogen and oxygen atoms in total. The number of esters is 1. The summed E-state index contributed by atoms with van der Waals surface area (Å²) in [7, 11) is 1.37. The Bertz CT molecular complexity index is 262. The van der Waals surface area contributed by atoms with Gasteiger partial charge in [-0.3, -0.25) is 4.79 Å². The summed E-state index contributed by atoms with van der Waals surface area (Å²) in [5.74, 6) is 1.29. The summed E-state index contributed by atoms with van der Waals surface area (Å²) in [5.41, 5.74) is 0. The lowest BCUT2D eigenvalue weighted by Gasteiger charge is -1.94. The molecule has 0 atom stereocenters. The van der Waals surface area contributed by atoms with Crippen LogP contribution in [0.1, 0.15) is 18.4 Å². The molecule has 0 aliphatic rings. The lowest BCUT2D eigenvalue weighted by atomic mass is 10.3. The number of ether oxygens (including phenoxy) is 1. The van der Waals surface area contributed by atoms with Gasteiger partial charge < -0.3 is 9.15 Å². The molecule has 0 saturated carbocycles. The van der Waals surface area contributed by atoms with Gasteiger partial charge in [-0.1, -0.05) is 6.92 Å². The van der Waals surface area contributed by atoms with Gasteiger partial charge in [-0.05, 0) is 12.1 Å². The molecule has 0 amide bonds. The molecule has 0 aliphatic carbocycles. The Hall–Kier alpha value is -1.25. The summed E-state index contributed by atoms with van der Waals surface area (Å²) >= 11 is 0. The second-order valence-electron chi connectivity index (χ2n) is 2.47. The lowest BCUT2D eigenvalue weighted by molar-refractivity contribution is -0.140. The first-order valence-corrected chi connectivity index (χ1v) is 3.90. The molecule has 0 spiro atoms. The van der Waals surface area contributed by atoms with E-state index in [1.165, 1.54) is 7.11 Å². The van der Waals surface area contributed by atoms with Crippen LogP contribution in [0.25, 0.3) is 0 Å². The smallest absolute Gasteiger partial charge is 0.313 e. The van der Waals surface area contributed by atoms with E-state index in [1.807, 2.05) is 13.0 Å². The van der Waals surface area contributed by atoms with Crippen LogP contribution in [0.5, 0.6) is 0 Å². The molecule has 0 aliphatic heterocycles. The zero-order valence-corrected chi connectivity index (χ0v) is 7.29. The maximum absolute atomic E-state index is 10.8. The van der Waals surface area contributed by atoms with Crippen molar-refractivity contribution in [3.63, 3.8) is 0 Å². The zero-order valence-electron chi connectivity index (χ0n) is 7.29. The molecule has 0 aromatic carbocycles. The highest BCUT2D eigenvalue weighted by Gasteiger charge is 2.06. The molecule has 66 valence electrons. The van der Waals surface area contributed by atoms with Gasteiger partial charge in [0.2, 0.25) is 0 Å². The van der Waals surface area contributed by atoms with Gasteiger partial charge in [0.25, 0.3) is 0 Å². The summed E-state index contributed by atoms with van der Waals surface area (Å²) in [5, 5.41) is 0. The number of furan rings is 1. The van der Waals surface area contributed by atoms with Crippen molar-refractivity contribution in [3.8, 4) is 0 Å². The number of carbonyl (C=O) groups is 1. The molecule has 1 rings (SSSR count). The van der Waals surface area contributed by atoms with E-state index in [4.69, 9.17) is 4.42 Å². The summed E-state index contributed by atoms with van der Waals surface area (Å²) in [6.07, 6.45) is 1.07. The molecule has 3 heteroatoms. The predicted molar refractivity (Wildman–Crippen MR) is 43.8 cm³/mol. The van der Waals surface area contributed by atoms with Crippen molar-refractivity contribution in [1.29, 1.82) is 0 Å². The third kappa shape index (κ3) is 2.12. The van der Waals surface area contributed by atoms with E-state index in [9.17, 15) is 4.79 Å². The fraction of sp³-hybridized carbons (Fsp3) is 0.444. The summed E-state index contributed by atoms with van der Waals surface area (Å²) in [6, 6.07) is 3.67. The molecular weight excluding hydrogens is 156 g/mol. The molecule has 0 fully saturated rings. The maximum atomic E-state index is 10.8. The minimum absolute atomic E-state index is 0.219. The van der Waals surface area contributed by atoms with Crippen molar-refractivity contribution in [2.24, 2.45) is 0 Å². The van der Waals surface area contributed by atoms with E-state index in [-0.39, 0.29) is 12.4 Å². The Morgan fingerprint density at radius 3 is 2.67 bits per heavy atom. The van der Waals surface area contributed by atoms with E-state index < -0.39 is 0 Å². The standard InChI is InChI=1S/C9H12O3/c1-3-7-4-5-8(12-7)6-9(10)11-2/h4-5H,3,6H2,1-2H3. The van der Waals surface area contributed by atoms with Crippen molar-refractivity contribution in [2.45, 2.75) is 19.8 Å². The Morgan fingerprint density at radius 1 is 1.50 bits per heavy atom. The minimum atomic E-state index is -0.271. The van der Waals surface area contributed by atoms with Crippen molar-refractivity contribution in [1.82, 2.24) is 0 Å². The van der Waals surface area contributed by atoms with Crippen molar-refractivity contribution < 1.29 is 13.9 Å². The Morgan fingerprint density at radius 2 is 2.17 bits per heavy atom. The molecule has 0 radical (unpaired) electrons. The fourth-order valence-electron chi connectivity index (χ4n) is 0.922. The second kappa shape index (κ2) is 3.95. The quantitative estimate of drug-likeness (QED) is 0.643. The van der Waals surface area contributed by atoms with Gasteiger partial charge in [-0.15, -0.1) is 0 Å². The van der Waals surface area contributed by atoms with E-state index >= 15 is 0 Å². The fourth-order valence-corrected chi connectivity index (χ4v) is 0.922. The maximum Gasteiger partial charge on any atom is 0.313 e. The van der Waals surface area contributed by atoms with Crippen LogP contribution in [0.4, 0.5) is 0 Å². The molecular formula is C9H12O3. The number of rotatable bonds is 3. The number of methoxy groups -OCH3 is 1. The van der Waals surface area contributed by atoms with Gasteiger partial charge in [0.15, 0.2) is 0 Å². The van der Waals surface area contributed by atoms with Gasteiger partial charge in [0.1, 0.15) is 17.9 Å². The van der Waals surface area contributed by atoms with Crippen LogP contribution in [0.15, 0.2) is 16.5 Å². The molecule has 1 aromatic heterocycles. The first kappa shape index (κ1) is 8.84. The second-order valence-corrected chi connectivity index (χ2v) is 2.47. The van der Waals surface area contributed by atoms with Crippen LogP contribution in [0, 0.1) is 0 Å². The van der Waals surface area contributed by atoms with Crippen LogP contribution in [0.2, 0.25) is 0 Å².